The Kier molecular flexibility index (Phi) is 3.62. The number of hydrogen-bond acceptors (Lipinski definition) is 3. The summed E-state index contributed by atoms with van der Waals surface area (Å²) in [5, 5.41) is 1.19. The van der Waals surface area contributed by atoms with Crippen molar-refractivity contribution in [2.75, 3.05) is 5.73 Å². The van der Waals surface area contributed by atoms with E-state index >= 15 is 0 Å². The van der Waals surface area contributed by atoms with E-state index in [2.05, 4.69) is 4.98 Å². The molecular formula is C16H12ClFN2O. The van der Waals surface area contributed by atoms with Crippen molar-refractivity contribution in [1.29, 1.82) is 0 Å². The molecule has 21 heavy (non-hydrogen) atoms. The first-order valence-corrected chi connectivity index (χ1v) is 6.73. The second-order valence-corrected chi connectivity index (χ2v) is 4.99. The summed E-state index contributed by atoms with van der Waals surface area (Å²) in [6, 6.07) is 12.7. The van der Waals surface area contributed by atoms with E-state index in [0.717, 1.165) is 5.56 Å². The van der Waals surface area contributed by atoms with Crippen LogP contribution in [0.3, 0.4) is 0 Å². The lowest BCUT2D eigenvalue weighted by atomic mass is 10.1. The minimum absolute atomic E-state index is 0.0111. The van der Waals surface area contributed by atoms with Gasteiger partial charge in [-0.15, -0.1) is 0 Å². The second kappa shape index (κ2) is 5.58. The highest BCUT2D eigenvalue weighted by Gasteiger charge is 2.13. The zero-order chi connectivity index (χ0) is 14.8. The molecule has 0 fully saturated rings. The highest BCUT2D eigenvalue weighted by atomic mass is 35.5. The Morgan fingerprint density at radius 2 is 1.95 bits per heavy atom. The van der Waals surface area contributed by atoms with E-state index in [1.807, 2.05) is 30.3 Å². The summed E-state index contributed by atoms with van der Waals surface area (Å²) in [4.78, 5) is 3.92. The van der Waals surface area contributed by atoms with Crippen molar-refractivity contribution >= 4 is 28.2 Å². The van der Waals surface area contributed by atoms with Gasteiger partial charge in [0.05, 0.1) is 5.02 Å². The van der Waals surface area contributed by atoms with Crippen LogP contribution in [0, 0.1) is 5.82 Å². The molecule has 0 bridgehead atoms. The van der Waals surface area contributed by atoms with Gasteiger partial charge in [-0.25, -0.2) is 9.37 Å². The van der Waals surface area contributed by atoms with Crippen LogP contribution in [-0.4, -0.2) is 4.98 Å². The van der Waals surface area contributed by atoms with E-state index in [1.165, 1.54) is 6.20 Å². The highest BCUT2D eigenvalue weighted by Crippen LogP contribution is 2.33. The Hall–Kier alpha value is -2.33. The smallest absolute Gasteiger partial charge is 0.184 e. The van der Waals surface area contributed by atoms with E-state index in [4.69, 9.17) is 22.1 Å². The topological polar surface area (TPSA) is 48.1 Å². The summed E-state index contributed by atoms with van der Waals surface area (Å²) in [7, 11) is 0. The number of hydrogen-bond donors (Lipinski definition) is 1. The van der Waals surface area contributed by atoms with Crippen molar-refractivity contribution < 1.29 is 9.13 Å². The van der Waals surface area contributed by atoms with Crippen LogP contribution in [0.25, 0.3) is 10.8 Å². The third kappa shape index (κ3) is 2.76. The average molecular weight is 303 g/mol. The van der Waals surface area contributed by atoms with Gasteiger partial charge in [-0.3, -0.25) is 0 Å². The Morgan fingerprint density at radius 3 is 2.71 bits per heavy atom. The fourth-order valence-electron chi connectivity index (χ4n) is 2.06. The predicted octanol–water partition coefficient (Wildman–Crippen LogP) is 4.19. The first-order chi connectivity index (χ1) is 10.1. The Bertz CT molecular complexity index is 793. The third-order valence-electron chi connectivity index (χ3n) is 3.13. The molecule has 0 aliphatic rings. The standard InChI is InChI=1S/C16H12ClFN2O/c17-15-12-8-20-14(19)7-11(12)6-13(16(15)18)21-9-10-4-2-1-3-5-10/h1-8H,9H2,(H2,19,20). The lowest BCUT2D eigenvalue weighted by Gasteiger charge is -2.10. The van der Waals surface area contributed by atoms with Crippen LogP contribution in [0.1, 0.15) is 5.56 Å². The molecule has 0 saturated carbocycles. The minimum Gasteiger partial charge on any atom is -0.486 e. The molecule has 0 aliphatic heterocycles. The fraction of sp³-hybridized carbons (Fsp3) is 0.0625. The van der Waals surface area contributed by atoms with E-state index in [9.17, 15) is 4.39 Å². The molecule has 3 rings (SSSR count). The van der Waals surface area contributed by atoms with Crippen LogP contribution in [0.2, 0.25) is 5.02 Å². The number of anilines is 1. The van der Waals surface area contributed by atoms with Crippen molar-refractivity contribution in [2.24, 2.45) is 0 Å². The summed E-state index contributed by atoms with van der Waals surface area (Å²) >= 11 is 6.03. The minimum atomic E-state index is -0.591. The molecule has 1 aromatic heterocycles. The number of rotatable bonds is 3. The Labute approximate surface area is 126 Å². The van der Waals surface area contributed by atoms with Crippen molar-refractivity contribution in [3.05, 3.63) is 65.1 Å². The molecule has 0 radical (unpaired) electrons. The summed E-state index contributed by atoms with van der Waals surface area (Å²) in [6.45, 7) is 0.264. The van der Waals surface area contributed by atoms with Crippen LogP contribution < -0.4 is 10.5 Å². The van der Waals surface area contributed by atoms with Gasteiger partial charge in [0.2, 0.25) is 0 Å². The summed E-state index contributed by atoms with van der Waals surface area (Å²) in [5.74, 6) is -0.146. The largest absolute Gasteiger partial charge is 0.486 e. The number of nitrogens with zero attached hydrogens (tertiary/aromatic N) is 1. The van der Waals surface area contributed by atoms with Crippen LogP contribution in [0.5, 0.6) is 5.75 Å². The maximum atomic E-state index is 14.2. The molecule has 0 amide bonds. The first-order valence-electron chi connectivity index (χ1n) is 6.35. The average Bonchev–Trinajstić information content (AvgIpc) is 2.50. The van der Waals surface area contributed by atoms with Crippen LogP contribution >= 0.6 is 11.6 Å². The molecule has 0 unspecified atom stereocenters. The zero-order valence-corrected chi connectivity index (χ0v) is 11.8. The molecule has 0 aliphatic carbocycles. The third-order valence-corrected chi connectivity index (χ3v) is 3.50. The molecule has 0 spiro atoms. The molecule has 1 heterocycles. The molecule has 3 aromatic rings. The van der Waals surface area contributed by atoms with Gasteiger partial charge < -0.3 is 10.5 Å². The monoisotopic (exact) mass is 302 g/mol. The van der Waals surface area contributed by atoms with Crippen molar-refractivity contribution in [1.82, 2.24) is 4.98 Å². The molecule has 2 N–H and O–H groups in total. The normalized spacial score (nSPS) is 10.8. The number of nitrogens with two attached hydrogens (primary N) is 1. The second-order valence-electron chi connectivity index (χ2n) is 4.61. The Morgan fingerprint density at radius 1 is 1.19 bits per heavy atom. The molecule has 5 heteroatoms. The molecule has 2 aromatic carbocycles. The van der Waals surface area contributed by atoms with Crippen LogP contribution in [-0.2, 0) is 6.61 Å². The van der Waals surface area contributed by atoms with Crippen LogP contribution in [0.4, 0.5) is 10.2 Å². The number of aromatic nitrogens is 1. The molecule has 106 valence electrons. The summed E-state index contributed by atoms with van der Waals surface area (Å²) in [5.41, 5.74) is 6.58. The fourth-order valence-corrected chi connectivity index (χ4v) is 2.31. The summed E-state index contributed by atoms with van der Waals surface area (Å²) in [6.07, 6.45) is 1.46. The number of nitrogen functional groups attached to an aromatic ring is 1. The lowest BCUT2D eigenvalue weighted by Crippen LogP contribution is -1.99. The maximum Gasteiger partial charge on any atom is 0.184 e. The quantitative estimate of drug-likeness (QED) is 0.789. The van der Waals surface area contributed by atoms with Gasteiger partial charge >= 0.3 is 0 Å². The molecule has 0 atom stereocenters. The number of pyridine rings is 1. The number of fused-ring (bicyclic) bond motifs is 1. The van der Waals surface area contributed by atoms with E-state index in [1.54, 1.807) is 12.1 Å². The van der Waals surface area contributed by atoms with Gasteiger partial charge in [0.15, 0.2) is 11.6 Å². The molecular weight excluding hydrogens is 291 g/mol. The summed E-state index contributed by atoms with van der Waals surface area (Å²) < 4.78 is 19.7. The maximum absolute atomic E-state index is 14.2. The Balaban J connectivity index is 1.96. The SMILES string of the molecule is Nc1cc2cc(OCc3ccccc3)c(F)c(Cl)c2cn1. The van der Waals surface area contributed by atoms with Gasteiger partial charge in [0.1, 0.15) is 12.4 Å². The number of benzene rings is 2. The van der Waals surface area contributed by atoms with Crippen molar-refractivity contribution in [3.63, 3.8) is 0 Å². The highest BCUT2D eigenvalue weighted by molar-refractivity contribution is 6.35. The van der Waals surface area contributed by atoms with Gasteiger partial charge in [-0.2, -0.15) is 0 Å². The molecule has 0 saturated heterocycles. The number of ether oxygens (including phenoxy) is 1. The van der Waals surface area contributed by atoms with E-state index < -0.39 is 5.82 Å². The van der Waals surface area contributed by atoms with Gasteiger partial charge in [0, 0.05) is 11.6 Å². The van der Waals surface area contributed by atoms with E-state index in [-0.39, 0.29) is 17.4 Å². The van der Waals surface area contributed by atoms with Gasteiger partial charge in [0.25, 0.3) is 0 Å². The van der Waals surface area contributed by atoms with Crippen molar-refractivity contribution in [2.45, 2.75) is 6.61 Å². The van der Waals surface area contributed by atoms with Crippen LogP contribution in [0.15, 0.2) is 48.7 Å². The lowest BCUT2D eigenvalue weighted by molar-refractivity contribution is 0.291. The first kappa shape index (κ1) is 13.6. The van der Waals surface area contributed by atoms with Gasteiger partial charge in [-0.1, -0.05) is 41.9 Å². The van der Waals surface area contributed by atoms with E-state index in [0.29, 0.717) is 16.6 Å². The predicted molar refractivity (Wildman–Crippen MR) is 81.9 cm³/mol. The van der Waals surface area contributed by atoms with Gasteiger partial charge in [-0.05, 0) is 23.1 Å². The zero-order valence-electron chi connectivity index (χ0n) is 11.0. The number of halogens is 2. The van der Waals surface area contributed by atoms with Crippen molar-refractivity contribution in [3.8, 4) is 5.75 Å². The molecule has 3 nitrogen and oxygen atoms in total.